The molecule has 2 rings (SSSR count). The van der Waals surface area contributed by atoms with E-state index in [1.54, 1.807) is 25.3 Å². The third kappa shape index (κ3) is 4.02. The first-order valence-electron chi connectivity index (χ1n) is 6.93. The van der Waals surface area contributed by atoms with Crippen LogP contribution in [0.2, 0.25) is 0 Å². The Labute approximate surface area is 129 Å². The lowest BCUT2D eigenvalue weighted by Gasteiger charge is -2.14. The highest BCUT2D eigenvalue weighted by Gasteiger charge is 2.12. The van der Waals surface area contributed by atoms with Crippen molar-refractivity contribution in [2.75, 3.05) is 20.3 Å². The molecule has 1 unspecified atom stereocenters. The fourth-order valence-corrected chi connectivity index (χ4v) is 2.07. The SMILES string of the molecule is COc1ccccc1OCC(=O)NCC(O)c1cccn1C. The zero-order valence-electron chi connectivity index (χ0n) is 12.7. The first-order valence-corrected chi connectivity index (χ1v) is 6.93. The molecule has 0 fully saturated rings. The Morgan fingerprint density at radius 3 is 2.64 bits per heavy atom. The molecule has 1 amide bonds. The number of aliphatic hydroxyl groups excluding tert-OH is 1. The van der Waals surface area contributed by atoms with E-state index in [-0.39, 0.29) is 19.1 Å². The van der Waals surface area contributed by atoms with E-state index >= 15 is 0 Å². The van der Waals surface area contributed by atoms with Crippen molar-refractivity contribution in [3.05, 3.63) is 48.3 Å². The van der Waals surface area contributed by atoms with Gasteiger partial charge in [-0.1, -0.05) is 12.1 Å². The molecular weight excluding hydrogens is 284 g/mol. The van der Waals surface area contributed by atoms with E-state index in [0.717, 1.165) is 5.69 Å². The molecule has 0 bridgehead atoms. The Hall–Kier alpha value is -2.47. The average Bonchev–Trinajstić information content (AvgIpc) is 2.97. The van der Waals surface area contributed by atoms with Crippen LogP contribution < -0.4 is 14.8 Å². The van der Waals surface area contributed by atoms with Crippen molar-refractivity contribution in [3.63, 3.8) is 0 Å². The summed E-state index contributed by atoms with van der Waals surface area (Å²) >= 11 is 0. The highest BCUT2D eigenvalue weighted by atomic mass is 16.5. The van der Waals surface area contributed by atoms with E-state index in [4.69, 9.17) is 9.47 Å². The predicted molar refractivity (Wildman–Crippen MR) is 81.9 cm³/mol. The van der Waals surface area contributed by atoms with Gasteiger partial charge in [-0.15, -0.1) is 0 Å². The number of ether oxygens (including phenoxy) is 2. The van der Waals surface area contributed by atoms with E-state index in [0.29, 0.717) is 11.5 Å². The second-order valence-corrected chi connectivity index (χ2v) is 4.80. The smallest absolute Gasteiger partial charge is 0.258 e. The van der Waals surface area contributed by atoms with Crippen molar-refractivity contribution in [1.82, 2.24) is 9.88 Å². The molecule has 0 aliphatic carbocycles. The molecule has 1 atom stereocenters. The van der Waals surface area contributed by atoms with Crippen LogP contribution in [0.25, 0.3) is 0 Å². The number of para-hydroxylation sites is 2. The number of carbonyl (C=O) groups excluding carboxylic acids is 1. The van der Waals surface area contributed by atoms with Crippen LogP contribution in [0.15, 0.2) is 42.6 Å². The minimum atomic E-state index is -0.754. The molecule has 118 valence electrons. The van der Waals surface area contributed by atoms with Gasteiger partial charge in [0.05, 0.1) is 7.11 Å². The van der Waals surface area contributed by atoms with Gasteiger partial charge in [0.1, 0.15) is 6.10 Å². The fourth-order valence-electron chi connectivity index (χ4n) is 2.07. The summed E-state index contributed by atoms with van der Waals surface area (Å²) in [7, 11) is 3.38. The number of nitrogens with zero attached hydrogens (tertiary/aromatic N) is 1. The zero-order valence-corrected chi connectivity index (χ0v) is 12.7. The van der Waals surface area contributed by atoms with Gasteiger partial charge >= 0.3 is 0 Å². The van der Waals surface area contributed by atoms with Gasteiger partial charge in [-0.3, -0.25) is 4.79 Å². The van der Waals surface area contributed by atoms with Crippen molar-refractivity contribution in [2.24, 2.45) is 7.05 Å². The van der Waals surface area contributed by atoms with E-state index in [9.17, 15) is 9.90 Å². The van der Waals surface area contributed by atoms with Gasteiger partial charge in [-0.2, -0.15) is 0 Å². The molecule has 1 aromatic carbocycles. The maximum atomic E-state index is 11.8. The van der Waals surface area contributed by atoms with Crippen LogP contribution in [-0.2, 0) is 11.8 Å². The fraction of sp³-hybridized carbons (Fsp3) is 0.312. The number of carbonyl (C=O) groups is 1. The third-order valence-electron chi connectivity index (χ3n) is 3.25. The number of aryl methyl sites for hydroxylation is 1. The molecule has 6 nitrogen and oxygen atoms in total. The largest absolute Gasteiger partial charge is 0.493 e. The minimum Gasteiger partial charge on any atom is -0.493 e. The first kappa shape index (κ1) is 15.9. The van der Waals surface area contributed by atoms with Gasteiger partial charge in [0.2, 0.25) is 0 Å². The van der Waals surface area contributed by atoms with Crippen LogP contribution in [0, 0.1) is 0 Å². The molecule has 2 aromatic rings. The summed E-state index contributed by atoms with van der Waals surface area (Å²) in [6.07, 6.45) is 1.08. The second kappa shape index (κ2) is 7.51. The van der Waals surface area contributed by atoms with E-state index in [2.05, 4.69) is 5.32 Å². The zero-order chi connectivity index (χ0) is 15.9. The molecule has 22 heavy (non-hydrogen) atoms. The Balaban J connectivity index is 1.80. The number of aliphatic hydroxyl groups is 1. The summed E-state index contributed by atoms with van der Waals surface area (Å²) in [5.74, 6) is 0.765. The molecule has 2 N–H and O–H groups in total. The molecule has 1 aromatic heterocycles. The topological polar surface area (TPSA) is 72.7 Å². The van der Waals surface area contributed by atoms with Gasteiger partial charge in [-0.25, -0.2) is 0 Å². The highest BCUT2D eigenvalue weighted by molar-refractivity contribution is 5.77. The number of rotatable bonds is 7. The molecular formula is C16H20N2O4. The molecule has 0 saturated carbocycles. The Bertz CT molecular complexity index is 624. The maximum absolute atomic E-state index is 11.8. The lowest BCUT2D eigenvalue weighted by Crippen LogP contribution is -2.32. The summed E-state index contributed by atoms with van der Waals surface area (Å²) < 4.78 is 12.4. The summed E-state index contributed by atoms with van der Waals surface area (Å²) in [6, 6.07) is 10.8. The molecule has 6 heteroatoms. The summed E-state index contributed by atoms with van der Waals surface area (Å²) in [6.45, 7) is -0.00774. The Kier molecular flexibility index (Phi) is 5.43. The average molecular weight is 304 g/mol. The standard InChI is InChI=1S/C16H20N2O4/c1-18-9-5-6-12(18)13(19)10-17-16(20)11-22-15-8-4-3-7-14(15)21-2/h3-9,13,19H,10-11H2,1-2H3,(H,17,20). The van der Waals surface area contributed by atoms with Gasteiger partial charge < -0.3 is 24.5 Å². The van der Waals surface area contributed by atoms with Crippen LogP contribution in [-0.4, -0.2) is 35.8 Å². The molecule has 0 aliphatic heterocycles. The second-order valence-electron chi connectivity index (χ2n) is 4.80. The van der Waals surface area contributed by atoms with E-state index in [1.165, 1.54) is 0 Å². The number of aromatic nitrogens is 1. The number of hydrogen-bond acceptors (Lipinski definition) is 4. The number of nitrogens with one attached hydrogen (secondary N) is 1. The first-order chi connectivity index (χ1) is 10.6. The molecule has 0 saturated heterocycles. The van der Waals surface area contributed by atoms with Gasteiger partial charge in [-0.05, 0) is 24.3 Å². The minimum absolute atomic E-state index is 0.131. The van der Waals surface area contributed by atoms with Crippen molar-refractivity contribution in [2.45, 2.75) is 6.10 Å². The molecule has 0 aliphatic rings. The van der Waals surface area contributed by atoms with Crippen LogP contribution in [0.3, 0.4) is 0 Å². The molecule has 0 spiro atoms. The number of hydrogen-bond donors (Lipinski definition) is 2. The number of methoxy groups -OCH3 is 1. The van der Waals surface area contributed by atoms with Gasteiger partial charge in [0.15, 0.2) is 18.1 Å². The predicted octanol–water partition coefficient (Wildman–Crippen LogP) is 1.26. The van der Waals surface area contributed by atoms with Crippen molar-refractivity contribution >= 4 is 5.91 Å². The van der Waals surface area contributed by atoms with Crippen LogP contribution >= 0.6 is 0 Å². The van der Waals surface area contributed by atoms with Crippen LogP contribution in [0.4, 0.5) is 0 Å². The quantitative estimate of drug-likeness (QED) is 0.808. The lowest BCUT2D eigenvalue weighted by atomic mass is 10.2. The van der Waals surface area contributed by atoms with Crippen molar-refractivity contribution < 1.29 is 19.4 Å². The highest BCUT2D eigenvalue weighted by Crippen LogP contribution is 2.25. The Morgan fingerprint density at radius 2 is 2.00 bits per heavy atom. The lowest BCUT2D eigenvalue weighted by molar-refractivity contribution is -0.123. The van der Waals surface area contributed by atoms with E-state index < -0.39 is 6.10 Å². The van der Waals surface area contributed by atoms with Crippen molar-refractivity contribution in [3.8, 4) is 11.5 Å². The van der Waals surface area contributed by atoms with Crippen LogP contribution in [0.1, 0.15) is 11.8 Å². The summed E-state index contributed by atoms with van der Waals surface area (Å²) in [5, 5.41) is 12.6. The summed E-state index contributed by atoms with van der Waals surface area (Å²) in [5.41, 5.74) is 0.742. The maximum Gasteiger partial charge on any atom is 0.258 e. The third-order valence-corrected chi connectivity index (χ3v) is 3.25. The van der Waals surface area contributed by atoms with Gasteiger partial charge in [0.25, 0.3) is 5.91 Å². The molecule has 1 heterocycles. The normalized spacial score (nSPS) is 11.8. The van der Waals surface area contributed by atoms with Crippen molar-refractivity contribution in [1.29, 1.82) is 0 Å². The molecule has 0 radical (unpaired) electrons. The van der Waals surface area contributed by atoms with Crippen LogP contribution in [0.5, 0.6) is 11.5 Å². The number of amides is 1. The number of benzene rings is 1. The monoisotopic (exact) mass is 304 g/mol. The van der Waals surface area contributed by atoms with Gasteiger partial charge in [0, 0.05) is 25.5 Å². The summed E-state index contributed by atoms with van der Waals surface area (Å²) in [4.78, 5) is 11.8. The Morgan fingerprint density at radius 1 is 1.27 bits per heavy atom. The van der Waals surface area contributed by atoms with E-state index in [1.807, 2.05) is 36.0 Å².